The lowest BCUT2D eigenvalue weighted by Gasteiger charge is -2.38. The van der Waals surface area contributed by atoms with E-state index in [4.69, 9.17) is 33.7 Å². The highest BCUT2D eigenvalue weighted by molar-refractivity contribution is 5.97. The molecule has 8 heterocycles. The van der Waals surface area contributed by atoms with Crippen molar-refractivity contribution >= 4 is 64.0 Å². The van der Waals surface area contributed by atoms with E-state index in [1.165, 1.54) is 18.3 Å². The number of benzene rings is 5. The summed E-state index contributed by atoms with van der Waals surface area (Å²) in [5.41, 5.74) is 10.8. The number of aryl methyl sites for hydroxylation is 1. The second-order valence-corrected chi connectivity index (χ2v) is 32.5. The Morgan fingerprint density at radius 2 is 1.03 bits per heavy atom. The number of nitrogens with one attached hydrogen (secondary N) is 4. The number of hydrogen-bond acceptors (Lipinski definition) is 24. The van der Waals surface area contributed by atoms with Gasteiger partial charge in [-0.15, -0.1) is 0 Å². The van der Waals surface area contributed by atoms with Crippen molar-refractivity contribution in [1.82, 2.24) is 29.9 Å². The zero-order valence-corrected chi connectivity index (χ0v) is 69.7. The number of nitriles is 4. The number of alkyl halides is 4. The summed E-state index contributed by atoms with van der Waals surface area (Å²) in [6.45, 7) is 2.42. The Morgan fingerprint density at radius 3 is 1.59 bits per heavy atom. The molecule has 662 valence electrons. The molecular weight excluding hydrogens is 1660 g/mol. The highest BCUT2D eigenvalue weighted by Crippen LogP contribution is 2.49. The van der Waals surface area contributed by atoms with E-state index in [1.54, 1.807) is 73.1 Å². The van der Waals surface area contributed by atoms with Crippen LogP contribution in [0.2, 0.25) is 0 Å². The van der Waals surface area contributed by atoms with Crippen molar-refractivity contribution in [2.24, 2.45) is 23.7 Å². The minimum Gasteiger partial charge on any atom is -0.489 e. The minimum atomic E-state index is -3.44. The van der Waals surface area contributed by atoms with Gasteiger partial charge in [-0.25, -0.2) is 22.5 Å². The zero-order valence-electron chi connectivity index (χ0n) is 69.7. The van der Waals surface area contributed by atoms with Gasteiger partial charge in [0.15, 0.2) is 24.5 Å². The van der Waals surface area contributed by atoms with Gasteiger partial charge in [0, 0.05) is 128 Å². The molecule has 4 aliphatic carbocycles. The summed E-state index contributed by atoms with van der Waals surface area (Å²) in [4.78, 5) is 89.6. The van der Waals surface area contributed by atoms with E-state index in [-0.39, 0.29) is 109 Å². The third-order valence-electron chi connectivity index (χ3n) is 23.0. The predicted molar refractivity (Wildman–Crippen MR) is 458 cm³/mol. The van der Waals surface area contributed by atoms with Crippen molar-refractivity contribution in [3.05, 3.63) is 192 Å². The van der Waals surface area contributed by atoms with Gasteiger partial charge in [-0.3, -0.25) is 38.7 Å². The molecule has 30 nitrogen and oxygen atoms in total. The summed E-state index contributed by atoms with van der Waals surface area (Å²) in [5, 5.41) is 90.4. The van der Waals surface area contributed by atoms with Crippen LogP contribution in [0, 0.1) is 75.9 Å². The maximum absolute atomic E-state index is 14.7. The van der Waals surface area contributed by atoms with Gasteiger partial charge < -0.3 is 79.9 Å². The standard InChI is InChI=1S/C25H24N4O4.C24H24F2N4O5.C24H25FN4O5.C21H20FN3O/c1-15-10-23(33-29-15)20-13-21(20)25(30)28-24-12-17(4-7-27-24)16-2-3-22(18(11-16)14-26)32-19-5-8-31-9-6-19;25-24(26)13-30(23(34)19(32)12-31)8-6-21(24)35-20-4-3-15(9-16(20)11-27)18-10-17(5-7-28-18)29-22(33)14-1-2-14;25-18-12-29(24(33)20(31)13-30)8-6-22(18)34-21-4-3-15(9-16(21)11-26)19-10-17(5-7-27-19)28-23(32)14-1-2-14;22-19-12-18(19)21(26)24-17-5-3-4-14(11-17)15-6-7-20(16(10-15)13-23)25-8-1-2-9-25/h2-4,7,10-12,19-21H,5-6,8-9,13H2,1H3,(H,27,28,30);3-5,7,9-10,14,19,21,31-32H,1-2,6,8,12-13H2,(H,28,29,33);3-5,7,9-10,14,18,20,22,30-31H,1-2,6,8,12-13H2,(H,27,28,32);3-7,10-11,18-19H,1-2,8-9,12H2,(H,24,26)/t20-,21-;19-,21-;18-,20+,22+;18-,19+/m1010/s1. The summed E-state index contributed by atoms with van der Waals surface area (Å²) < 4.78 is 85.2. The molecule has 0 spiro atoms. The fourth-order valence-electron chi connectivity index (χ4n) is 15.2. The molecule has 4 saturated carbocycles. The quantitative estimate of drug-likeness (QED) is 0.0260. The molecule has 4 aromatic heterocycles. The molecular formula is C94H93F4N15O15. The van der Waals surface area contributed by atoms with Crippen LogP contribution in [-0.4, -0.2) is 200 Å². The maximum Gasteiger partial charge on any atom is 0.301 e. The first-order chi connectivity index (χ1) is 61.9. The van der Waals surface area contributed by atoms with Crippen molar-refractivity contribution in [2.75, 3.05) is 91.9 Å². The number of aliphatic hydroxyl groups is 4. The summed E-state index contributed by atoms with van der Waals surface area (Å²) >= 11 is 0. The molecule has 0 bridgehead atoms. The van der Waals surface area contributed by atoms with Crippen molar-refractivity contribution in [3.8, 4) is 86.3 Å². The van der Waals surface area contributed by atoms with E-state index < -0.39 is 80.2 Å². The number of amides is 6. The first kappa shape index (κ1) is 90.5. The van der Waals surface area contributed by atoms with Gasteiger partial charge in [-0.2, -0.15) is 21.0 Å². The maximum atomic E-state index is 14.7. The van der Waals surface area contributed by atoms with Crippen LogP contribution in [0.15, 0.2) is 163 Å². The van der Waals surface area contributed by atoms with Crippen molar-refractivity contribution < 1.29 is 90.2 Å². The Kier molecular flexibility index (Phi) is 29.1. The Bertz CT molecular complexity index is 5760. The number of halogens is 4. The first-order valence-corrected chi connectivity index (χ1v) is 42.3. The van der Waals surface area contributed by atoms with Crippen LogP contribution in [0.4, 0.5) is 46.1 Å². The van der Waals surface area contributed by atoms with E-state index in [0.717, 1.165) is 120 Å². The lowest BCUT2D eigenvalue weighted by Crippen LogP contribution is -2.57. The molecule has 4 saturated heterocycles. The number of nitrogens with zero attached hydrogens (tertiary/aromatic N) is 11. The predicted octanol–water partition coefficient (Wildman–Crippen LogP) is 11.9. The van der Waals surface area contributed by atoms with E-state index in [2.05, 4.69) is 64.5 Å². The Labute approximate surface area is 734 Å². The number of carbonyl (C=O) groups excluding carboxylic acids is 6. The van der Waals surface area contributed by atoms with Crippen LogP contribution >= 0.6 is 0 Å². The van der Waals surface area contributed by atoms with Crippen LogP contribution in [0.25, 0.3) is 44.8 Å². The highest BCUT2D eigenvalue weighted by atomic mass is 19.3. The number of aliphatic hydroxyl groups excluding tert-OH is 4. The van der Waals surface area contributed by atoms with E-state index >= 15 is 0 Å². The molecule has 9 aromatic rings. The van der Waals surface area contributed by atoms with Gasteiger partial charge in [-0.05, 0) is 190 Å². The number of hydrogen-bond donors (Lipinski definition) is 8. The number of ether oxygens (including phenoxy) is 4. The largest absolute Gasteiger partial charge is 0.489 e. The molecule has 8 fully saturated rings. The number of anilines is 5. The molecule has 128 heavy (non-hydrogen) atoms. The topological polar surface area (TPSA) is 438 Å². The molecule has 8 aliphatic rings. The number of piperidine rings is 2. The normalized spacial score (nSPS) is 20.5. The van der Waals surface area contributed by atoms with Crippen molar-refractivity contribution in [2.45, 2.75) is 139 Å². The molecule has 5 aromatic carbocycles. The summed E-state index contributed by atoms with van der Waals surface area (Å²) in [5.74, 6) is -4.06. The molecule has 8 N–H and O–H groups in total. The first-order valence-electron chi connectivity index (χ1n) is 42.3. The van der Waals surface area contributed by atoms with Gasteiger partial charge in [0.05, 0.1) is 90.5 Å². The van der Waals surface area contributed by atoms with E-state index in [1.807, 2.05) is 79.7 Å². The average molecular weight is 1750 g/mol. The lowest BCUT2D eigenvalue weighted by atomic mass is 10.0. The Hall–Kier alpha value is -13.7. The average Bonchev–Trinajstić information content (AvgIpc) is 1.70. The third kappa shape index (κ3) is 23.1. The van der Waals surface area contributed by atoms with Gasteiger partial charge >= 0.3 is 5.92 Å². The van der Waals surface area contributed by atoms with Gasteiger partial charge in [-0.1, -0.05) is 29.4 Å². The number of aromatic nitrogens is 4. The van der Waals surface area contributed by atoms with Crippen LogP contribution in [0.1, 0.15) is 117 Å². The number of pyridine rings is 3. The summed E-state index contributed by atoms with van der Waals surface area (Å²) in [6, 6.07) is 49.1. The Morgan fingerprint density at radius 1 is 0.523 bits per heavy atom. The second-order valence-electron chi connectivity index (χ2n) is 32.5. The summed E-state index contributed by atoms with van der Waals surface area (Å²) in [6.07, 6.45) is 4.98. The third-order valence-corrected chi connectivity index (χ3v) is 23.0. The molecule has 9 atom stereocenters. The molecule has 4 aliphatic heterocycles. The summed E-state index contributed by atoms with van der Waals surface area (Å²) in [7, 11) is 0. The van der Waals surface area contributed by atoms with E-state index in [9.17, 15) is 77.6 Å². The fourth-order valence-corrected chi connectivity index (χ4v) is 15.2. The minimum absolute atomic E-state index is 0.0157. The van der Waals surface area contributed by atoms with Gasteiger partial charge in [0.2, 0.25) is 23.6 Å². The smallest absolute Gasteiger partial charge is 0.301 e. The second kappa shape index (κ2) is 41.1. The van der Waals surface area contributed by atoms with E-state index in [0.29, 0.717) is 81.9 Å². The Balaban J connectivity index is 0.000000139. The van der Waals surface area contributed by atoms with Crippen LogP contribution < -0.4 is 40.4 Å². The molecule has 17 rings (SSSR count). The van der Waals surface area contributed by atoms with Crippen molar-refractivity contribution in [3.63, 3.8) is 0 Å². The lowest BCUT2D eigenvalue weighted by molar-refractivity contribution is -0.167. The SMILES string of the molecule is Cc1cc([C@@H]2C[C@H]2C(=O)Nc2cc(-c3ccc(OC4CCOCC4)c(C#N)c3)ccn2)on1.N#Cc1cc(-c2cc(NC(=O)C3CC3)ccn2)ccc1O[C@H]1CCN(C(=O)[C@@H](O)CO)CC1(F)F.N#Cc1cc(-c2cc(NC(=O)C3CC3)ccn2)ccc1O[C@H]1CCN(C(=O)[C@@H](O)CO)C[C@H]1F.N#Cc1cc(-c2cccc(NC(=O)[C@H]3C[C@H]3F)c2)ccc1N1CCCC1. The number of likely N-dealkylation sites (tertiary alicyclic amines) is 2. The molecule has 0 radical (unpaired) electrons. The highest BCUT2D eigenvalue weighted by Gasteiger charge is 2.50. The molecule has 6 amide bonds. The van der Waals surface area contributed by atoms with Crippen LogP contribution in [-0.2, 0) is 33.5 Å². The van der Waals surface area contributed by atoms with Gasteiger partial charge in [0.25, 0.3) is 11.8 Å². The van der Waals surface area contributed by atoms with Crippen LogP contribution in [0.5, 0.6) is 17.2 Å². The number of rotatable bonds is 24. The number of carbonyl (C=O) groups is 6. The van der Waals surface area contributed by atoms with Crippen molar-refractivity contribution in [1.29, 1.82) is 21.0 Å². The monoisotopic (exact) mass is 1750 g/mol. The van der Waals surface area contributed by atoms with Crippen LogP contribution in [0.3, 0.4) is 0 Å². The molecule has 34 heteroatoms. The molecule has 0 unspecified atom stereocenters. The fraction of sp³-hybridized carbons (Fsp3) is 0.383. The zero-order chi connectivity index (χ0) is 90.3. The van der Waals surface area contributed by atoms with Gasteiger partial charge in [0.1, 0.15) is 71.5 Å².